The summed E-state index contributed by atoms with van der Waals surface area (Å²) in [6, 6.07) is 13.6. The predicted octanol–water partition coefficient (Wildman–Crippen LogP) is 2.61. The molecule has 0 saturated heterocycles. The van der Waals surface area contributed by atoms with Gasteiger partial charge in [0.1, 0.15) is 0 Å². The lowest BCUT2D eigenvalue weighted by Gasteiger charge is -2.13. The molecule has 9 heteroatoms. The molecule has 0 aromatic heterocycles. The first-order valence-corrected chi connectivity index (χ1v) is 9.39. The highest BCUT2D eigenvalue weighted by atomic mass is 32.2. The van der Waals surface area contributed by atoms with Crippen molar-refractivity contribution in [1.29, 1.82) is 0 Å². The van der Waals surface area contributed by atoms with Crippen LogP contribution in [0.2, 0.25) is 0 Å². The third-order valence-electron chi connectivity index (χ3n) is 3.71. The molecule has 0 spiro atoms. The van der Waals surface area contributed by atoms with Gasteiger partial charge in [-0.2, -0.15) is 0 Å². The van der Waals surface area contributed by atoms with Gasteiger partial charge < -0.3 is 15.0 Å². The first-order chi connectivity index (χ1) is 13.3. The summed E-state index contributed by atoms with van der Waals surface area (Å²) in [6.45, 7) is -0.00290. The molecule has 1 amide bonds. The first kappa shape index (κ1) is 21.2. The van der Waals surface area contributed by atoms with Gasteiger partial charge in [0, 0.05) is 43.4 Å². The maximum atomic E-state index is 11.8. The van der Waals surface area contributed by atoms with E-state index in [1.165, 1.54) is 23.9 Å². The van der Waals surface area contributed by atoms with Crippen molar-refractivity contribution in [1.82, 2.24) is 5.32 Å². The summed E-state index contributed by atoms with van der Waals surface area (Å²) in [5.41, 5.74) is 1.99. The number of thioether (sulfide) groups is 1. The molecule has 2 aromatic carbocycles. The number of carbonyl (C=O) groups excluding carboxylic acids is 2. The standard InChI is InChI=1S/C19H21N3O5S/c1-21(2)15-5-3-14(4-6-15)11-20-18(23)12-27-19(24)13-28-17-9-7-16(8-10-17)22(25)26/h3-10H,11-13H2,1-2H3,(H,20,23). The monoisotopic (exact) mass is 403 g/mol. The zero-order valence-electron chi connectivity index (χ0n) is 15.6. The number of nitro benzene ring substituents is 1. The minimum Gasteiger partial charge on any atom is -0.455 e. The largest absolute Gasteiger partial charge is 0.455 e. The van der Waals surface area contributed by atoms with Gasteiger partial charge in [-0.1, -0.05) is 12.1 Å². The van der Waals surface area contributed by atoms with Crippen LogP contribution in [0.25, 0.3) is 0 Å². The molecule has 8 nitrogen and oxygen atoms in total. The number of nitrogens with zero attached hydrogens (tertiary/aromatic N) is 2. The number of esters is 1. The van der Waals surface area contributed by atoms with E-state index in [-0.39, 0.29) is 24.0 Å². The molecule has 0 atom stereocenters. The van der Waals surface area contributed by atoms with E-state index in [1.807, 2.05) is 43.3 Å². The van der Waals surface area contributed by atoms with Gasteiger partial charge >= 0.3 is 5.97 Å². The highest BCUT2D eigenvalue weighted by Crippen LogP contribution is 2.21. The molecule has 0 aliphatic carbocycles. The first-order valence-electron chi connectivity index (χ1n) is 8.41. The van der Waals surface area contributed by atoms with Gasteiger partial charge in [0.2, 0.25) is 0 Å². The van der Waals surface area contributed by atoms with Crippen molar-refractivity contribution < 1.29 is 19.2 Å². The van der Waals surface area contributed by atoms with Crippen molar-refractivity contribution in [2.24, 2.45) is 0 Å². The van der Waals surface area contributed by atoms with Crippen LogP contribution in [0.1, 0.15) is 5.56 Å². The van der Waals surface area contributed by atoms with Crippen molar-refractivity contribution in [2.75, 3.05) is 31.4 Å². The number of carbonyl (C=O) groups is 2. The van der Waals surface area contributed by atoms with Crippen LogP contribution in [0.3, 0.4) is 0 Å². The van der Waals surface area contributed by atoms with E-state index in [0.717, 1.165) is 11.3 Å². The van der Waals surface area contributed by atoms with E-state index >= 15 is 0 Å². The number of amides is 1. The number of nitrogens with one attached hydrogen (secondary N) is 1. The van der Waals surface area contributed by atoms with Gasteiger partial charge in [-0.05, 0) is 29.8 Å². The Labute approximate surface area is 167 Å². The zero-order chi connectivity index (χ0) is 20.5. The summed E-state index contributed by atoms with van der Waals surface area (Å²) in [4.78, 5) is 36.3. The van der Waals surface area contributed by atoms with Gasteiger partial charge in [0.05, 0.1) is 10.7 Å². The maximum Gasteiger partial charge on any atom is 0.316 e. The van der Waals surface area contributed by atoms with Crippen LogP contribution in [-0.2, 0) is 20.9 Å². The lowest BCUT2D eigenvalue weighted by Crippen LogP contribution is -2.28. The van der Waals surface area contributed by atoms with Gasteiger partial charge in [-0.25, -0.2) is 0 Å². The topological polar surface area (TPSA) is 102 Å². The molecule has 2 aromatic rings. The maximum absolute atomic E-state index is 11.8. The predicted molar refractivity (Wildman–Crippen MR) is 107 cm³/mol. The molecule has 0 aliphatic heterocycles. The quantitative estimate of drug-likeness (QED) is 0.297. The zero-order valence-corrected chi connectivity index (χ0v) is 16.4. The minimum atomic E-state index is -0.533. The Bertz CT molecular complexity index is 822. The van der Waals surface area contributed by atoms with E-state index in [1.54, 1.807) is 12.1 Å². The lowest BCUT2D eigenvalue weighted by molar-refractivity contribution is -0.384. The minimum absolute atomic E-state index is 0.0110. The fraction of sp³-hybridized carbons (Fsp3) is 0.263. The van der Waals surface area contributed by atoms with E-state index in [4.69, 9.17) is 4.74 Å². The highest BCUT2D eigenvalue weighted by molar-refractivity contribution is 8.00. The third-order valence-corrected chi connectivity index (χ3v) is 4.70. The molecule has 1 N–H and O–H groups in total. The van der Waals surface area contributed by atoms with E-state index in [9.17, 15) is 19.7 Å². The number of benzene rings is 2. The normalized spacial score (nSPS) is 10.2. The van der Waals surface area contributed by atoms with Crippen LogP contribution in [0.4, 0.5) is 11.4 Å². The van der Waals surface area contributed by atoms with Crippen LogP contribution in [0, 0.1) is 10.1 Å². The van der Waals surface area contributed by atoms with E-state index in [2.05, 4.69) is 5.32 Å². The van der Waals surface area contributed by atoms with Crippen molar-refractivity contribution >= 4 is 35.0 Å². The number of hydrogen-bond donors (Lipinski definition) is 1. The smallest absolute Gasteiger partial charge is 0.316 e. The second-order valence-corrected chi connectivity index (χ2v) is 7.09. The van der Waals surface area contributed by atoms with Gasteiger partial charge in [0.25, 0.3) is 11.6 Å². The molecule has 0 fully saturated rings. The lowest BCUT2D eigenvalue weighted by atomic mass is 10.2. The van der Waals surface area contributed by atoms with Crippen molar-refractivity contribution in [3.63, 3.8) is 0 Å². The van der Waals surface area contributed by atoms with Crippen molar-refractivity contribution in [3.8, 4) is 0 Å². The summed E-state index contributed by atoms with van der Waals surface area (Å²) in [5.74, 6) is -0.906. The molecule has 148 valence electrons. The molecule has 0 heterocycles. The van der Waals surface area contributed by atoms with Gasteiger partial charge in [-0.15, -0.1) is 11.8 Å². The average molecular weight is 403 g/mol. The molecular weight excluding hydrogens is 382 g/mol. The van der Waals surface area contributed by atoms with E-state index in [0.29, 0.717) is 11.4 Å². The number of rotatable bonds is 9. The molecule has 0 radical (unpaired) electrons. The summed E-state index contributed by atoms with van der Waals surface area (Å²) >= 11 is 1.18. The van der Waals surface area contributed by atoms with E-state index < -0.39 is 10.9 Å². The Kier molecular flexibility index (Phi) is 7.82. The Morgan fingerprint density at radius 3 is 2.32 bits per heavy atom. The summed E-state index contributed by atoms with van der Waals surface area (Å²) in [7, 11) is 3.90. The van der Waals surface area contributed by atoms with Gasteiger partial charge in [-0.3, -0.25) is 19.7 Å². The second-order valence-electron chi connectivity index (χ2n) is 6.04. The molecule has 0 aliphatic rings. The number of nitro groups is 1. The SMILES string of the molecule is CN(C)c1ccc(CNC(=O)COC(=O)CSc2ccc([N+](=O)[O-])cc2)cc1. The molecule has 0 saturated carbocycles. The number of anilines is 1. The highest BCUT2D eigenvalue weighted by Gasteiger charge is 2.10. The number of non-ortho nitro benzene ring substituents is 1. The number of ether oxygens (including phenoxy) is 1. The van der Waals surface area contributed by atoms with Crippen molar-refractivity contribution in [3.05, 3.63) is 64.2 Å². The Morgan fingerprint density at radius 1 is 1.11 bits per heavy atom. The third kappa shape index (κ3) is 6.92. The molecule has 0 bridgehead atoms. The average Bonchev–Trinajstić information content (AvgIpc) is 2.69. The Hall–Kier alpha value is -3.07. The Morgan fingerprint density at radius 2 is 1.75 bits per heavy atom. The number of hydrogen-bond acceptors (Lipinski definition) is 7. The molecule has 2 rings (SSSR count). The molecular formula is C19H21N3O5S. The van der Waals surface area contributed by atoms with Crippen molar-refractivity contribution in [2.45, 2.75) is 11.4 Å². The second kappa shape index (κ2) is 10.3. The van der Waals surface area contributed by atoms with Crippen LogP contribution < -0.4 is 10.2 Å². The van der Waals surface area contributed by atoms with Crippen LogP contribution in [0.5, 0.6) is 0 Å². The molecule has 0 unspecified atom stereocenters. The summed E-state index contributed by atoms with van der Waals surface area (Å²) < 4.78 is 4.94. The van der Waals surface area contributed by atoms with Crippen LogP contribution >= 0.6 is 11.8 Å². The Balaban J connectivity index is 1.67. The fourth-order valence-electron chi connectivity index (χ4n) is 2.16. The fourth-order valence-corrected chi connectivity index (χ4v) is 2.85. The van der Waals surface area contributed by atoms with Gasteiger partial charge in [0.15, 0.2) is 6.61 Å². The molecule has 28 heavy (non-hydrogen) atoms. The van der Waals surface area contributed by atoms with Crippen LogP contribution in [0.15, 0.2) is 53.4 Å². The van der Waals surface area contributed by atoms with Crippen LogP contribution in [-0.4, -0.2) is 43.3 Å². The summed E-state index contributed by atoms with van der Waals surface area (Å²) in [6.07, 6.45) is 0. The summed E-state index contributed by atoms with van der Waals surface area (Å²) in [5, 5.41) is 13.3.